The SMILES string of the molecule is CN(N=Cc1ccccc1[N+](=O)[O-])c1nc(-c2ccccc2)cc(-c2ccccc2)n1. The minimum Gasteiger partial charge on any atom is -0.258 e. The second kappa shape index (κ2) is 8.96. The van der Waals surface area contributed by atoms with Gasteiger partial charge in [-0.1, -0.05) is 72.8 Å². The molecule has 0 N–H and O–H groups in total. The molecule has 0 saturated heterocycles. The van der Waals surface area contributed by atoms with Crippen LogP contribution in [0.3, 0.4) is 0 Å². The minimum absolute atomic E-state index is 0.0106. The van der Waals surface area contributed by atoms with E-state index in [2.05, 4.69) is 15.1 Å². The van der Waals surface area contributed by atoms with Crippen molar-refractivity contribution in [1.82, 2.24) is 9.97 Å². The summed E-state index contributed by atoms with van der Waals surface area (Å²) in [5, 5.41) is 17.1. The first-order valence-corrected chi connectivity index (χ1v) is 9.63. The predicted octanol–water partition coefficient (Wildman–Crippen LogP) is 5.19. The fraction of sp³-hybridized carbons (Fsp3) is 0.0417. The van der Waals surface area contributed by atoms with Gasteiger partial charge in [-0.05, 0) is 12.1 Å². The number of anilines is 1. The molecule has 0 unspecified atom stereocenters. The zero-order valence-electron chi connectivity index (χ0n) is 16.8. The van der Waals surface area contributed by atoms with E-state index >= 15 is 0 Å². The van der Waals surface area contributed by atoms with Crippen LogP contribution in [0.1, 0.15) is 5.56 Å². The van der Waals surface area contributed by atoms with Gasteiger partial charge >= 0.3 is 0 Å². The van der Waals surface area contributed by atoms with Crippen molar-refractivity contribution < 1.29 is 4.92 Å². The number of hydrogen-bond acceptors (Lipinski definition) is 6. The number of benzene rings is 3. The van der Waals surface area contributed by atoms with Gasteiger partial charge in [0, 0.05) is 24.2 Å². The summed E-state index contributed by atoms with van der Waals surface area (Å²) in [6.07, 6.45) is 1.44. The van der Waals surface area contributed by atoms with Gasteiger partial charge in [-0.15, -0.1) is 0 Å². The Morgan fingerprint density at radius 2 is 1.35 bits per heavy atom. The average Bonchev–Trinajstić information content (AvgIpc) is 2.83. The molecule has 152 valence electrons. The molecule has 0 amide bonds. The molecule has 0 atom stereocenters. The van der Waals surface area contributed by atoms with Crippen LogP contribution in [0.2, 0.25) is 0 Å². The molecule has 7 heteroatoms. The van der Waals surface area contributed by atoms with Crippen LogP contribution < -0.4 is 5.01 Å². The molecule has 4 rings (SSSR count). The highest BCUT2D eigenvalue weighted by atomic mass is 16.6. The van der Waals surface area contributed by atoms with Gasteiger partial charge in [-0.2, -0.15) is 5.10 Å². The number of nitro benzene ring substituents is 1. The van der Waals surface area contributed by atoms with E-state index in [4.69, 9.17) is 0 Å². The maximum absolute atomic E-state index is 11.2. The average molecular weight is 409 g/mol. The fourth-order valence-corrected chi connectivity index (χ4v) is 3.06. The van der Waals surface area contributed by atoms with E-state index < -0.39 is 4.92 Å². The number of para-hydroxylation sites is 1. The molecule has 0 aliphatic heterocycles. The summed E-state index contributed by atoms with van der Waals surface area (Å²) in [6, 6.07) is 28.0. The van der Waals surface area contributed by atoms with Gasteiger partial charge < -0.3 is 0 Å². The Morgan fingerprint density at radius 3 is 1.90 bits per heavy atom. The standard InChI is InChI=1S/C24H19N5O2/c1-28(25-17-20-14-8-9-15-23(20)29(30)31)24-26-21(18-10-4-2-5-11-18)16-22(27-24)19-12-6-3-7-13-19/h2-17H,1H3. The number of nitrogens with zero attached hydrogens (tertiary/aromatic N) is 5. The highest BCUT2D eigenvalue weighted by Gasteiger charge is 2.13. The van der Waals surface area contributed by atoms with Crippen molar-refractivity contribution in [3.8, 4) is 22.5 Å². The minimum atomic E-state index is -0.429. The van der Waals surface area contributed by atoms with Crippen molar-refractivity contribution in [2.24, 2.45) is 5.10 Å². The van der Waals surface area contributed by atoms with E-state index in [0.29, 0.717) is 11.5 Å². The second-order valence-corrected chi connectivity index (χ2v) is 6.75. The van der Waals surface area contributed by atoms with E-state index in [1.54, 1.807) is 25.2 Å². The molecular formula is C24H19N5O2. The molecule has 0 radical (unpaired) electrons. The predicted molar refractivity (Wildman–Crippen MR) is 122 cm³/mol. The lowest BCUT2D eigenvalue weighted by atomic mass is 10.1. The number of hydrogen-bond donors (Lipinski definition) is 0. The lowest BCUT2D eigenvalue weighted by Gasteiger charge is -2.14. The first kappa shape index (κ1) is 19.9. The Kier molecular flexibility index (Phi) is 5.75. The van der Waals surface area contributed by atoms with Crippen molar-refractivity contribution in [3.05, 3.63) is 107 Å². The molecule has 7 nitrogen and oxygen atoms in total. The van der Waals surface area contributed by atoms with E-state index in [1.165, 1.54) is 17.3 Å². The highest BCUT2D eigenvalue weighted by Crippen LogP contribution is 2.26. The third kappa shape index (κ3) is 4.62. The maximum atomic E-state index is 11.2. The molecule has 0 saturated carbocycles. The van der Waals surface area contributed by atoms with Crippen LogP contribution in [0.25, 0.3) is 22.5 Å². The van der Waals surface area contributed by atoms with Gasteiger partial charge in [0.05, 0.1) is 28.1 Å². The van der Waals surface area contributed by atoms with Crippen LogP contribution in [0.15, 0.2) is 96.1 Å². The summed E-state index contributed by atoms with van der Waals surface area (Å²) in [5.74, 6) is 0.384. The third-order valence-corrected chi connectivity index (χ3v) is 4.65. The zero-order chi connectivity index (χ0) is 21.6. The smallest absolute Gasteiger partial charge is 0.258 e. The van der Waals surface area contributed by atoms with Crippen molar-refractivity contribution in [2.75, 3.05) is 12.1 Å². The first-order chi connectivity index (χ1) is 15.1. The summed E-state index contributed by atoms with van der Waals surface area (Å²) in [6.45, 7) is 0. The van der Waals surface area contributed by atoms with Crippen LogP contribution in [0.4, 0.5) is 11.6 Å². The second-order valence-electron chi connectivity index (χ2n) is 6.75. The van der Waals surface area contributed by atoms with Crippen molar-refractivity contribution >= 4 is 17.9 Å². The van der Waals surface area contributed by atoms with E-state index in [0.717, 1.165) is 22.5 Å². The molecular weight excluding hydrogens is 390 g/mol. The highest BCUT2D eigenvalue weighted by molar-refractivity contribution is 5.85. The Hall–Kier alpha value is -4.39. The van der Waals surface area contributed by atoms with Crippen LogP contribution >= 0.6 is 0 Å². The summed E-state index contributed by atoms with van der Waals surface area (Å²) >= 11 is 0. The van der Waals surface area contributed by atoms with Crippen molar-refractivity contribution in [2.45, 2.75) is 0 Å². The van der Waals surface area contributed by atoms with Crippen LogP contribution in [0, 0.1) is 10.1 Å². The van der Waals surface area contributed by atoms with E-state index in [-0.39, 0.29) is 5.69 Å². The lowest BCUT2D eigenvalue weighted by Crippen LogP contribution is -2.14. The molecule has 4 aromatic rings. The molecule has 0 fully saturated rings. The number of rotatable bonds is 6. The zero-order valence-corrected chi connectivity index (χ0v) is 16.8. The third-order valence-electron chi connectivity index (χ3n) is 4.65. The molecule has 31 heavy (non-hydrogen) atoms. The van der Waals surface area contributed by atoms with Gasteiger partial charge in [0.2, 0.25) is 5.95 Å². The van der Waals surface area contributed by atoms with E-state index in [1.807, 2.05) is 66.7 Å². The van der Waals surface area contributed by atoms with Gasteiger partial charge in [0.1, 0.15) is 0 Å². The summed E-state index contributed by atoms with van der Waals surface area (Å²) < 4.78 is 0. The van der Waals surface area contributed by atoms with Crippen molar-refractivity contribution in [3.63, 3.8) is 0 Å². The summed E-state index contributed by atoms with van der Waals surface area (Å²) in [7, 11) is 1.71. The molecule has 0 aliphatic carbocycles. The molecule has 3 aromatic carbocycles. The number of hydrazone groups is 1. The van der Waals surface area contributed by atoms with Crippen LogP contribution in [-0.2, 0) is 0 Å². The lowest BCUT2D eigenvalue weighted by molar-refractivity contribution is -0.385. The Bertz CT molecular complexity index is 1170. The largest absolute Gasteiger partial charge is 0.278 e. The quantitative estimate of drug-likeness (QED) is 0.249. The first-order valence-electron chi connectivity index (χ1n) is 9.63. The summed E-state index contributed by atoms with van der Waals surface area (Å²) in [4.78, 5) is 20.1. The maximum Gasteiger partial charge on any atom is 0.278 e. The van der Waals surface area contributed by atoms with Crippen LogP contribution in [-0.4, -0.2) is 28.2 Å². The molecule has 0 bridgehead atoms. The Balaban J connectivity index is 1.74. The fourth-order valence-electron chi connectivity index (χ4n) is 3.06. The van der Waals surface area contributed by atoms with Gasteiger partial charge in [-0.25, -0.2) is 15.0 Å². The van der Waals surface area contributed by atoms with Gasteiger partial charge in [0.25, 0.3) is 5.69 Å². The molecule has 1 aromatic heterocycles. The van der Waals surface area contributed by atoms with Gasteiger partial charge in [-0.3, -0.25) is 10.1 Å². The Morgan fingerprint density at radius 1 is 0.839 bits per heavy atom. The van der Waals surface area contributed by atoms with E-state index in [9.17, 15) is 10.1 Å². The molecule has 0 aliphatic rings. The normalized spacial score (nSPS) is 10.9. The number of aromatic nitrogens is 2. The molecule has 0 spiro atoms. The van der Waals surface area contributed by atoms with Crippen LogP contribution in [0.5, 0.6) is 0 Å². The number of nitro groups is 1. The Labute approximate surface area is 179 Å². The van der Waals surface area contributed by atoms with Crippen molar-refractivity contribution in [1.29, 1.82) is 0 Å². The monoisotopic (exact) mass is 409 g/mol. The van der Waals surface area contributed by atoms with Gasteiger partial charge in [0.15, 0.2) is 0 Å². The summed E-state index contributed by atoms with van der Waals surface area (Å²) in [5.41, 5.74) is 3.83. The molecule has 1 heterocycles. The topological polar surface area (TPSA) is 84.5 Å².